The number of rotatable bonds is 1. The molecule has 2 aromatic carbocycles. The van der Waals surface area contributed by atoms with Crippen LogP contribution in [0.5, 0.6) is 23.0 Å². The number of hydrogen-bond donors (Lipinski definition) is 0. The number of benzene rings is 2. The van der Waals surface area contributed by atoms with Crippen molar-refractivity contribution in [2.75, 3.05) is 6.61 Å². The largest absolute Gasteiger partial charge is 0.492 e. The molecule has 0 aromatic heterocycles. The van der Waals surface area contributed by atoms with Crippen LogP contribution in [-0.2, 0) is 4.79 Å². The molecule has 2 aromatic rings. The molecule has 0 saturated heterocycles. The van der Waals surface area contributed by atoms with Crippen LogP contribution in [0.15, 0.2) is 36.4 Å². The van der Waals surface area contributed by atoms with E-state index in [4.69, 9.17) is 18.9 Å². The van der Waals surface area contributed by atoms with Crippen LogP contribution in [0, 0.1) is 0 Å². The molecular weight excluding hydrogens is 344 g/mol. The van der Waals surface area contributed by atoms with Gasteiger partial charge in [-0.05, 0) is 44.2 Å². The smallest absolute Gasteiger partial charge is 0.308 e. The van der Waals surface area contributed by atoms with Gasteiger partial charge in [0, 0.05) is 24.1 Å². The highest BCUT2D eigenvalue weighted by Gasteiger charge is 2.42. The molecule has 5 rings (SSSR count). The summed E-state index contributed by atoms with van der Waals surface area (Å²) in [6, 6.07) is 9.54. The van der Waals surface area contributed by atoms with Gasteiger partial charge in [-0.2, -0.15) is 0 Å². The average molecular weight is 364 g/mol. The summed E-state index contributed by atoms with van der Waals surface area (Å²) >= 11 is 0. The van der Waals surface area contributed by atoms with Gasteiger partial charge in [-0.25, -0.2) is 0 Å². The lowest BCUT2D eigenvalue weighted by atomic mass is 9.87. The molecule has 0 bridgehead atoms. The third kappa shape index (κ3) is 2.57. The first-order chi connectivity index (χ1) is 12.9. The van der Waals surface area contributed by atoms with E-state index < -0.39 is 0 Å². The Labute approximate surface area is 157 Å². The molecule has 27 heavy (non-hydrogen) atoms. The number of carbonyl (C=O) groups is 1. The maximum Gasteiger partial charge on any atom is 0.308 e. The molecule has 5 nitrogen and oxygen atoms in total. The van der Waals surface area contributed by atoms with Crippen LogP contribution in [0.25, 0.3) is 6.08 Å². The Hall–Kier alpha value is -2.95. The topological polar surface area (TPSA) is 54.0 Å². The van der Waals surface area contributed by atoms with E-state index in [1.165, 1.54) is 6.92 Å². The minimum absolute atomic E-state index is 0.113. The molecule has 0 aliphatic carbocycles. The third-order valence-corrected chi connectivity index (χ3v) is 5.19. The van der Waals surface area contributed by atoms with Crippen LogP contribution < -0.4 is 18.9 Å². The van der Waals surface area contributed by atoms with Crippen molar-refractivity contribution in [3.63, 3.8) is 0 Å². The van der Waals surface area contributed by atoms with Crippen LogP contribution in [0.4, 0.5) is 0 Å². The van der Waals surface area contributed by atoms with Crippen molar-refractivity contribution in [3.8, 4) is 23.0 Å². The van der Waals surface area contributed by atoms with Gasteiger partial charge < -0.3 is 18.9 Å². The molecule has 3 aliphatic rings. The Morgan fingerprint density at radius 2 is 1.96 bits per heavy atom. The van der Waals surface area contributed by atoms with Gasteiger partial charge in [0.25, 0.3) is 0 Å². The van der Waals surface area contributed by atoms with Crippen LogP contribution in [0.1, 0.15) is 49.5 Å². The summed E-state index contributed by atoms with van der Waals surface area (Å²) in [5.41, 5.74) is 2.73. The summed E-state index contributed by atoms with van der Waals surface area (Å²) in [5, 5.41) is 0. The molecule has 3 heterocycles. The second-order valence-corrected chi connectivity index (χ2v) is 7.68. The van der Waals surface area contributed by atoms with Crippen molar-refractivity contribution in [2.45, 2.75) is 38.4 Å². The summed E-state index contributed by atoms with van der Waals surface area (Å²) in [7, 11) is 0. The van der Waals surface area contributed by atoms with Gasteiger partial charge in [-0.15, -0.1) is 0 Å². The molecule has 2 atom stereocenters. The van der Waals surface area contributed by atoms with Crippen LogP contribution in [0.2, 0.25) is 0 Å². The Kier molecular flexibility index (Phi) is 3.32. The average Bonchev–Trinajstić information content (AvgIpc) is 2.97. The second-order valence-electron chi connectivity index (χ2n) is 7.68. The first kappa shape index (κ1) is 16.2. The minimum atomic E-state index is -0.347. The highest BCUT2D eigenvalue weighted by atomic mass is 16.5. The van der Waals surface area contributed by atoms with E-state index in [2.05, 4.69) is 6.08 Å². The molecule has 0 spiro atoms. The van der Waals surface area contributed by atoms with Crippen LogP contribution in [-0.4, -0.2) is 18.2 Å². The first-order valence-electron chi connectivity index (χ1n) is 9.08. The van der Waals surface area contributed by atoms with Crippen molar-refractivity contribution >= 4 is 12.0 Å². The molecule has 3 aliphatic heterocycles. The minimum Gasteiger partial charge on any atom is -0.492 e. The second kappa shape index (κ2) is 5.52. The van der Waals surface area contributed by atoms with Crippen LogP contribution in [0.3, 0.4) is 0 Å². The number of ether oxygens (including phenoxy) is 4. The summed E-state index contributed by atoms with van der Waals surface area (Å²) in [5.74, 6) is 2.65. The van der Waals surface area contributed by atoms with E-state index in [1.807, 2.05) is 38.1 Å². The van der Waals surface area contributed by atoms with Gasteiger partial charge in [0.05, 0.1) is 18.1 Å². The number of hydrogen-bond acceptors (Lipinski definition) is 5. The van der Waals surface area contributed by atoms with Crippen molar-refractivity contribution in [2.24, 2.45) is 0 Å². The molecule has 0 amide bonds. The van der Waals surface area contributed by atoms with E-state index in [9.17, 15) is 4.79 Å². The standard InChI is InChI=1S/C22H20O5/c1-12(23)25-13-4-5-14-17-11-24-20-15-8-9-22(2,3)27-18(15)7-6-16(20)21(17)26-19(14)10-13/h4-10,17,21H,11H2,1-3H3. The lowest BCUT2D eigenvalue weighted by Crippen LogP contribution is -2.29. The zero-order valence-electron chi connectivity index (χ0n) is 15.4. The summed E-state index contributed by atoms with van der Waals surface area (Å²) < 4.78 is 23.6. The van der Waals surface area contributed by atoms with E-state index in [1.54, 1.807) is 12.1 Å². The van der Waals surface area contributed by atoms with Crippen molar-refractivity contribution in [1.29, 1.82) is 0 Å². The zero-order chi connectivity index (χ0) is 18.8. The molecule has 138 valence electrons. The molecule has 0 fully saturated rings. The molecular formula is C22H20O5. The lowest BCUT2D eigenvalue weighted by Gasteiger charge is -2.33. The first-order valence-corrected chi connectivity index (χ1v) is 9.08. The van der Waals surface area contributed by atoms with E-state index in [0.717, 1.165) is 33.9 Å². The van der Waals surface area contributed by atoms with Gasteiger partial charge in [-0.3, -0.25) is 4.79 Å². The summed E-state index contributed by atoms with van der Waals surface area (Å²) in [6.45, 7) is 5.98. The Morgan fingerprint density at radius 1 is 1.15 bits per heavy atom. The SMILES string of the molecule is CC(=O)Oc1ccc2c(c1)OC1c3ccc4c(c3OCC21)C=CC(C)(C)O4. The normalized spacial score (nSPS) is 22.9. The van der Waals surface area contributed by atoms with Crippen molar-refractivity contribution in [1.82, 2.24) is 0 Å². The van der Waals surface area contributed by atoms with Crippen molar-refractivity contribution < 1.29 is 23.7 Å². The van der Waals surface area contributed by atoms with Gasteiger partial charge in [0.15, 0.2) is 0 Å². The predicted octanol–water partition coefficient (Wildman–Crippen LogP) is 4.41. The fraction of sp³-hybridized carbons (Fsp3) is 0.318. The number of carbonyl (C=O) groups excluding carboxylic acids is 1. The monoisotopic (exact) mass is 364 g/mol. The maximum atomic E-state index is 11.2. The van der Waals surface area contributed by atoms with Gasteiger partial charge in [-0.1, -0.05) is 6.07 Å². The van der Waals surface area contributed by atoms with Gasteiger partial charge in [0.1, 0.15) is 34.7 Å². The Balaban J connectivity index is 1.52. The number of esters is 1. The Morgan fingerprint density at radius 3 is 2.78 bits per heavy atom. The van der Waals surface area contributed by atoms with E-state index >= 15 is 0 Å². The van der Waals surface area contributed by atoms with Gasteiger partial charge in [0.2, 0.25) is 0 Å². The molecule has 0 saturated carbocycles. The number of fused-ring (bicyclic) bond motifs is 7. The zero-order valence-corrected chi connectivity index (χ0v) is 15.4. The fourth-order valence-corrected chi connectivity index (χ4v) is 4.00. The summed E-state index contributed by atoms with van der Waals surface area (Å²) in [6.07, 6.45) is 3.99. The van der Waals surface area contributed by atoms with Crippen molar-refractivity contribution in [3.05, 3.63) is 53.1 Å². The van der Waals surface area contributed by atoms with Crippen LogP contribution >= 0.6 is 0 Å². The maximum absolute atomic E-state index is 11.2. The predicted molar refractivity (Wildman–Crippen MR) is 99.5 cm³/mol. The molecule has 0 N–H and O–H groups in total. The molecule has 0 radical (unpaired) electrons. The lowest BCUT2D eigenvalue weighted by molar-refractivity contribution is -0.131. The highest BCUT2D eigenvalue weighted by Crippen LogP contribution is 2.54. The molecule has 5 heteroatoms. The quantitative estimate of drug-likeness (QED) is 0.554. The van der Waals surface area contributed by atoms with Gasteiger partial charge >= 0.3 is 5.97 Å². The molecule has 2 unspecified atom stereocenters. The Bertz CT molecular complexity index is 988. The summed E-state index contributed by atoms with van der Waals surface area (Å²) in [4.78, 5) is 11.2. The third-order valence-electron chi connectivity index (χ3n) is 5.19. The fourth-order valence-electron chi connectivity index (χ4n) is 4.00. The van der Waals surface area contributed by atoms with E-state index in [-0.39, 0.29) is 23.6 Å². The highest BCUT2D eigenvalue weighted by molar-refractivity contribution is 5.71. The van der Waals surface area contributed by atoms with E-state index in [0.29, 0.717) is 12.4 Å².